The van der Waals surface area contributed by atoms with Gasteiger partial charge in [0.1, 0.15) is 5.82 Å². The highest BCUT2D eigenvalue weighted by atomic mass is 19.1. The number of halogens is 1. The Hall–Kier alpha value is -3.15. The quantitative estimate of drug-likeness (QED) is 0.459. The highest BCUT2D eigenvalue weighted by Gasteiger charge is 2.29. The van der Waals surface area contributed by atoms with Crippen molar-refractivity contribution in [2.75, 3.05) is 5.32 Å². The van der Waals surface area contributed by atoms with Crippen molar-refractivity contribution in [3.8, 4) is 11.3 Å². The van der Waals surface area contributed by atoms with Crippen LogP contribution >= 0.6 is 0 Å². The van der Waals surface area contributed by atoms with Crippen LogP contribution in [0.25, 0.3) is 22.2 Å². The molecule has 3 heterocycles. The van der Waals surface area contributed by atoms with Gasteiger partial charge in [-0.25, -0.2) is 4.98 Å². The Bertz CT molecular complexity index is 1230. The number of H-pyrrole nitrogens is 1. The van der Waals surface area contributed by atoms with Crippen LogP contribution < -0.4 is 5.32 Å². The second-order valence-electron chi connectivity index (χ2n) is 9.11. The molecular formula is C24H26FN5. The minimum atomic E-state index is -0.499. The van der Waals surface area contributed by atoms with Crippen LogP contribution in [-0.4, -0.2) is 19.7 Å². The van der Waals surface area contributed by atoms with Crippen LogP contribution in [0.4, 0.5) is 10.2 Å². The molecule has 0 spiro atoms. The van der Waals surface area contributed by atoms with Gasteiger partial charge in [0.05, 0.1) is 5.69 Å². The lowest BCUT2D eigenvalue weighted by molar-refractivity contribution is 0.312. The molecule has 0 radical (unpaired) electrons. The highest BCUT2D eigenvalue weighted by molar-refractivity contribution is 5.80. The summed E-state index contributed by atoms with van der Waals surface area (Å²) in [5.74, 6) is 0.0191. The van der Waals surface area contributed by atoms with Crippen molar-refractivity contribution < 1.29 is 4.39 Å². The summed E-state index contributed by atoms with van der Waals surface area (Å²) in [4.78, 5) is 4.04. The van der Waals surface area contributed by atoms with E-state index in [0.29, 0.717) is 12.4 Å². The van der Waals surface area contributed by atoms with Crippen molar-refractivity contribution in [3.05, 3.63) is 65.4 Å². The van der Waals surface area contributed by atoms with Crippen molar-refractivity contribution in [3.63, 3.8) is 0 Å². The number of aromatic nitrogens is 4. The molecule has 0 aliphatic heterocycles. The Balaban J connectivity index is 1.40. The number of aromatic amines is 1. The van der Waals surface area contributed by atoms with Gasteiger partial charge in [-0.1, -0.05) is 26.0 Å². The van der Waals surface area contributed by atoms with E-state index < -0.39 is 5.95 Å². The van der Waals surface area contributed by atoms with Crippen LogP contribution in [0, 0.1) is 11.4 Å². The normalized spacial score (nSPS) is 15.3. The number of hydrogen-bond acceptors (Lipinski definition) is 3. The summed E-state index contributed by atoms with van der Waals surface area (Å²) in [7, 11) is 2.03. The van der Waals surface area contributed by atoms with Gasteiger partial charge < -0.3 is 9.88 Å². The van der Waals surface area contributed by atoms with Gasteiger partial charge in [0, 0.05) is 48.2 Å². The average molecular weight is 404 g/mol. The van der Waals surface area contributed by atoms with Crippen LogP contribution in [-0.2, 0) is 26.4 Å². The maximum Gasteiger partial charge on any atom is 0.215 e. The zero-order valence-corrected chi connectivity index (χ0v) is 17.6. The molecule has 5 nitrogen and oxygen atoms in total. The van der Waals surface area contributed by atoms with Crippen molar-refractivity contribution in [1.82, 2.24) is 19.7 Å². The van der Waals surface area contributed by atoms with E-state index in [0.717, 1.165) is 36.1 Å². The van der Waals surface area contributed by atoms with Gasteiger partial charge in [-0.15, -0.1) is 0 Å². The number of nitrogens with zero attached hydrogens (tertiary/aromatic N) is 3. The van der Waals surface area contributed by atoms with Crippen LogP contribution in [0.2, 0.25) is 0 Å². The Morgan fingerprint density at radius 3 is 2.93 bits per heavy atom. The highest BCUT2D eigenvalue weighted by Crippen LogP contribution is 2.38. The number of rotatable bonds is 4. The fourth-order valence-corrected chi connectivity index (χ4v) is 4.42. The fourth-order valence-electron chi connectivity index (χ4n) is 4.42. The summed E-state index contributed by atoms with van der Waals surface area (Å²) in [5, 5.41) is 12.2. The van der Waals surface area contributed by atoms with Crippen molar-refractivity contribution in [2.45, 2.75) is 39.7 Å². The maximum absolute atomic E-state index is 14.3. The maximum atomic E-state index is 14.3. The molecule has 0 bridgehead atoms. The Morgan fingerprint density at radius 2 is 2.07 bits per heavy atom. The third-order valence-electron chi connectivity index (χ3n) is 6.15. The number of nitrogens with one attached hydrogen (secondary N) is 2. The predicted octanol–water partition coefficient (Wildman–Crippen LogP) is 5.23. The second kappa shape index (κ2) is 6.97. The van der Waals surface area contributed by atoms with Crippen LogP contribution in [0.15, 0.2) is 42.6 Å². The molecule has 1 aliphatic rings. The summed E-state index contributed by atoms with van der Waals surface area (Å²) in [6.07, 6.45) is 5.08. The van der Waals surface area contributed by atoms with E-state index >= 15 is 0 Å². The Labute approximate surface area is 175 Å². The molecule has 3 aromatic heterocycles. The molecule has 0 saturated heterocycles. The molecule has 5 rings (SSSR count). The predicted molar refractivity (Wildman–Crippen MR) is 118 cm³/mol. The largest absolute Gasteiger partial charge is 0.366 e. The first-order valence-electron chi connectivity index (χ1n) is 10.4. The molecule has 0 saturated carbocycles. The number of pyridine rings is 1. The number of aryl methyl sites for hydroxylation is 1. The summed E-state index contributed by atoms with van der Waals surface area (Å²) < 4.78 is 16.4. The van der Waals surface area contributed by atoms with E-state index in [1.54, 1.807) is 0 Å². The molecule has 4 aromatic rings. The summed E-state index contributed by atoms with van der Waals surface area (Å²) in [6, 6.07) is 11.8. The van der Waals surface area contributed by atoms with E-state index in [9.17, 15) is 4.39 Å². The summed E-state index contributed by atoms with van der Waals surface area (Å²) in [6.45, 7) is 5.12. The molecule has 0 atom stereocenters. The van der Waals surface area contributed by atoms with Crippen molar-refractivity contribution in [2.24, 2.45) is 12.5 Å². The van der Waals surface area contributed by atoms with Crippen LogP contribution in [0.3, 0.4) is 0 Å². The molecule has 1 aliphatic carbocycles. The third kappa shape index (κ3) is 3.47. The first-order chi connectivity index (χ1) is 14.4. The average Bonchev–Trinajstić information content (AvgIpc) is 3.28. The van der Waals surface area contributed by atoms with Gasteiger partial charge in [-0.3, -0.25) is 5.10 Å². The lowest BCUT2D eigenvalue weighted by Gasteiger charge is -2.29. The van der Waals surface area contributed by atoms with E-state index in [4.69, 9.17) is 0 Å². The molecule has 1 aromatic carbocycles. The van der Waals surface area contributed by atoms with Crippen molar-refractivity contribution >= 4 is 16.7 Å². The minimum Gasteiger partial charge on any atom is -0.366 e. The smallest absolute Gasteiger partial charge is 0.215 e. The van der Waals surface area contributed by atoms with Crippen LogP contribution in [0.5, 0.6) is 0 Å². The van der Waals surface area contributed by atoms with Gasteiger partial charge in [0.25, 0.3) is 0 Å². The van der Waals surface area contributed by atoms with Gasteiger partial charge in [0.2, 0.25) is 5.95 Å². The minimum absolute atomic E-state index is 0.270. The SMILES string of the molecule is Cn1ccc2ccc(CNc3cc(-c4n[nH]c5c4CCC(C)(C)C5)cc(F)n3)cc21. The van der Waals surface area contributed by atoms with Crippen molar-refractivity contribution in [1.29, 1.82) is 0 Å². The Morgan fingerprint density at radius 1 is 1.20 bits per heavy atom. The van der Waals surface area contributed by atoms with Crippen LogP contribution in [0.1, 0.15) is 37.1 Å². The molecule has 0 unspecified atom stereocenters. The zero-order chi connectivity index (χ0) is 20.9. The molecule has 6 heteroatoms. The molecule has 154 valence electrons. The lowest BCUT2D eigenvalue weighted by atomic mass is 9.76. The monoisotopic (exact) mass is 403 g/mol. The van der Waals surface area contributed by atoms with Gasteiger partial charge in [0.15, 0.2) is 0 Å². The van der Waals surface area contributed by atoms with E-state index in [2.05, 4.69) is 63.2 Å². The molecule has 0 fully saturated rings. The standard InChI is InChI=1S/C24H26FN5/c1-24(2)8-6-18-19(13-24)28-29-23(18)17-11-21(25)27-22(12-17)26-14-15-4-5-16-7-9-30(3)20(16)10-15/h4-5,7,9-12H,6,8,13-14H2,1-3H3,(H,26,27)(H,28,29). The molecule has 30 heavy (non-hydrogen) atoms. The van der Waals surface area contributed by atoms with E-state index in [1.807, 2.05) is 19.3 Å². The van der Waals surface area contributed by atoms with E-state index in [1.165, 1.54) is 28.2 Å². The zero-order valence-electron chi connectivity index (χ0n) is 17.6. The summed E-state index contributed by atoms with van der Waals surface area (Å²) in [5.41, 5.74) is 6.55. The topological polar surface area (TPSA) is 58.5 Å². The number of anilines is 1. The number of hydrogen-bond donors (Lipinski definition) is 2. The molecule has 2 N–H and O–H groups in total. The Kier molecular flexibility index (Phi) is 4.38. The summed E-state index contributed by atoms with van der Waals surface area (Å²) >= 11 is 0. The second-order valence-corrected chi connectivity index (χ2v) is 9.11. The van der Waals surface area contributed by atoms with Gasteiger partial charge >= 0.3 is 0 Å². The third-order valence-corrected chi connectivity index (χ3v) is 6.15. The molecular weight excluding hydrogens is 377 g/mol. The first kappa shape index (κ1) is 18.9. The van der Waals surface area contributed by atoms with E-state index in [-0.39, 0.29) is 5.41 Å². The first-order valence-corrected chi connectivity index (χ1v) is 10.4. The molecule has 0 amide bonds. The number of fused-ring (bicyclic) bond motifs is 2. The van der Waals surface area contributed by atoms with Gasteiger partial charge in [-0.2, -0.15) is 9.49 Å². The lowest BCUT2D eigenvalue weighted by Crippen LogP contribution is -2.21. The fraction of sp³-hybridized carbons (Fsp3) is 0.333. The number of benzene rings is 1. The van der Waals surface area contributed by atoms with Gasteiger partial charge in [-0.05, 0) is 53.8 Å².